The fourth-order valence-corrected chi connectivity index (χ4v) is 3.29. The van der Waals surface area contributed by atoms with Crippen LogP contribution in [0.4, 0.5) is 5.69 Å². The molecule has 0 aliphatic carbocycles. The van der Waals surface area contributed by atoms with Crippen LogP contribution in [-0.2, 0) is 9.47 Å². The molecule has 1 N–H and O–H groups in total. The molecule has 1 fully saturated rings. The van der Waals surface area contributed by atoms with Crippen LogP contribution in [0.5, 0.6) is 0 Å². The first kappa shape index (κ1) is 25.3. The predicted octanol–water partition coefficient (Wildman–Crippen LogP) is 3.49. The van der Waals surface area contributed by atoms with E-state index in [0.717, 1.165) is 75.4 Å². The maximum atomic E-state index is 6.34. The van der Waals surface area contributed by atoms with Crippen LogP contribution in [0.25, 0.3) is 0 Å². The zero-order valence-electron chi connectivity index (χ0n) is 17.0. The number of anilines is 1. The highest BCUT2D eigenvalue weighted by molar-refractivity contribution is 14.0. The highest BCUT2D eigenvalue weighted by Gasteiger charge is 2.20. The van der Waals surface area contributed by atoms with Gasteiger partial charge < -0.3 is 24.6 Å². The van der Waals surface area contributed by atoms with Gasteiger partial charge in [0.15, 0.2) is 5.96 Å². The summed E-state index contributed by atoms with van der Waals surface area (Å²) < 4.78 is 10.5. The maximum absolute atomic E-state index is 6.34. The highest BCUT2D eigenvalue weighted by Crippen LogP contribution is 2.25. The van der Waals surface area contributed by atoms with Crippen LogP contribution < -0.4 is 10.2 Å². The van der Waals surface area contributed by atoms with Gasteiger partial charge in [-0.05, 0) is 31.9 Å². The number of hydrogen-bond acceptors (Lipinski definition) is 4. The van der Waals surface area contributed by atoms with Crippen molar-refractivity contribution >= 4 is 47.2 Å². The maximum Gasteiger partial charge on any atom is 0.194 e. The van der Waals surface area contributed by atoms with Crippen molar-refractivity contribution in [2.75, 3.05) is 71.1 Å². The first-order valence-corrected chi connectivity index (χ1v) is 10.2. The van der Waals surface area contributed by atoms with Gasteiger partial charge in [-0.2, -0.15) is 0 Å². The Bertz CT molecular complexity index is 569. The lowest BCUT2D eigenvalue weighted by Gasteiger charge is -2.38. The molecule has 28 heavy (non-hydrogen) atoms. The van der Waals surface area contributed by atoms with Crippen molar-refractivity contribution in [2.45, 2.75) is 19.8 Å². The number of aliphatic imine (C=N–C) groups is 1. The standard InChI is InChI=1S/C20H33ClN4O2.HI/c1-3-22-20(23-10-6-7-15-27-17-16-26-2)25-13-11-24(12-14-25)19-9-5-4-8-18(19)21;/h4-5,8-9H,3,6-7,10-17H2,1-2H3,(H,22,23);1H. The molecule has 0 bridgehead atoms. The summed E-state index contributed by atoms with van der Waals surface area (Å²) in [6, 6.07) is 8.05. The first-order chi connectivity index (χ1) is 13.3. The molecule has 1 aromatic carbocycles. The molecule has 2 rings (SSSR count). The fourth-order valence-electron chi connectivity index (χ4n) is 3.04. The Labute approximate surface area is 191 Å². The number of nitrogens with zero attached hydrogens (tertiary/aromatic N) is 3. The third kappa shape index (κ3) is 8.71. The van der Waals surface area contributed by atoms with Crippen LogP contribution in [0, 0.1) is 0 Å². The second-order valence-electron chi connectivity index (χ2n) is 6.47. The predicted molar refractivity (Wildman–Crippen MR) is 129 cm³/mol. The molecule has 1 saturated heterocycles. The molecule has 160 valence electrons. The molecule has 0 spiro atoms. The summed E-state index contributed by atoms with van der Waals surface area (Å²) >= 11 is 6.34. The van der Waals surface area contributed by atoms with E-state index in [1.807, 2.05) is 18.2 Å². The van der Waals surface area contributed by atoms with E-state index in [9.17, 15) is 0 Å². The fraction of sp³-hybridized carbons (Fsp3) is 0.650. The number of halogens is 2. The summed E-state index contributed by atoms with van der Waals surface area (Å²) in [6.45, 7) is 9.67. The summed E-state index contributed by atoms with van der Waals surface area (Å²) in [6.07, 6.45) is 2.05. The van der Waals surface area contributed by atoms with E-state index in [0.29, 0.717) is 13.2 Å². The van der Waals surface area contributed by atoms with Crippen LogP contribution >= 0.6 is 35.6 Å². The van der Waals surface area contributed by atoms with Crippen molar-refractivity contribution in [3.63, 3.8) is 0 Å². The van der Waals surface area contributed by atoms with Gasteiger partial charge in [-0.1, -0.05) is 23.7 Å². The van der Waals surface area contributed by atoms with Gasteiger partial charge in [-0.15, -0.1) is 24.0 Å². The number of guanidine groups is 1. The zero-order valence-corrected chi connectivity index (χ0v) is 20.1. The van der Waals surface area contributed by atoms with Crippen molar-refractivity contribution in [2.24, 2.45) is 4.99 Å². The van der Waals surface area contributed by atoms with E-state index in [1.54, 1.807) is 7.11 Å². The van der Waals surface area contributed by atoms with E-state index in [-0.39, 0.29) is 24.0 Å². The van der Waals surface area contributed by atoms with Crippen molar-refractivity contribution in [1.82, 2.24) is 10.2 Å². The summed E-state index contributed by atoms with van der Waals surface area (Å²) in [5.41, 5.74) is 1.12. The molecule has 0 amide bonds. The quantitative estimate of drug-likeness (QED) is 0.220. The van der Waals surface area contributed by atoms with Gasteiger partial charge in [0.2, 0.25) is 0 Å². The Morgan fingerprint density at radius 1 is 1.11 bits per heavy atom. The van der Waals surface area contributed by atoms with Crippen molar-refractivity contribution < 1.29 is 9.47 Å². The molecule has 0 saturated carbocycles. The van der Waals surface area contributed by atoms with Gasteiger partial charge in [0.1, 0.15) is 0 Å². The van der Waals surface area contributed by atoms with Gasteiger partial charge in [0, 0.05) is 53.0 Å². The van der Waals surface area contributed by atoms with Crippen LogP contribution in [-0.4, -0.2) is 77.1 Å². The lowest BCUT2D eigenvalue weighted by molar-refractivity contribution is 0.0690. The average Bonchev–Trinajstić information content (AvgIpc) is 2.70. The van der Waals surface area contributed by atoms with E-state index in [1.165, 1.54) is 0 Å². The molecule has 0 radical (unpaired) electrons. The largest absolute Gasteiger partial charge is 0.382 e. The monoisotopic (exact) mass is 524 g/mol. The number of nitrogens with one attached hydrogen (secondary N) is 1. The second kappa shape index (κ2) is 15.1. The Balaban J connectivity index is 0.00000392. The number of piperazine rings is 1. The van der Waals surface area contributed by atoms with Crippen LogP contribution in [0.1, 0.15) is 19.8 Å². The lowest BCUT2D eigenvalue weighted by atomic mass is 10.2. The van der Waals surface area contributed by atoms with E-state index in [4.69, 9.17) is 26.1 Å². The minimum absolute atomic E-state index is 0. The minimum atomic E-state index is 0. The number of benzene rings is 1. The van der Waals surface area contributed by atoms with Crippen molar-refractivity contribution in [3.05, 3.63) is 29.3 Å². The minimum Gasteiger partial charge on any atom is -0.382 e. The molecule has 8 heteroatoms. The summed E-state index contributed by atoms with van der Waals surface area (Å²) in [5.74, 6) is 1.01. The van der Waals surface area contributed by atoms with E-state index < -0.39 is 0 Å². The molecule has 1 aromatic rings. The van der Waals surface area contributed by atoms with Crippen molar-refractivity contribution in [3.8, 4) is 0 Å². The molecule has 1 heterocycles. The van der Waals surface area contributed by atoms with Crippen LogP contribution in [0.15, 0.2) is 29.3 Å². The second-order valence-corrected chi connectivity index (χ2v) is 6.88. The topological polar surface area (TPSA) is 49.3 Å². The third-order valence-electron chi connectivity index (χ3n) is 4.50. The number of rotatable bonds is 10. The molecule has 0 atom stereocenters. The number of methoxy groups -OCH3 is 1. The molecule has 1 aliphatic heterocycles. The molecule has 6 nitrogen and oxygen atoms in total. The molecule has 0 aromatic heterocycles. The summed E-state index contributed by atoms with van der Waals surface area (Å²) in [4.78, 5) is 9.48. The Morgan fingerprint density at radius 3 is 2.54 bits per heavy atom. The first-order valence-electron chi connectivity index (χ1n) is 9.85. The van der Waals surface area contributed by atoms with Gasteiger partial charge in [-0.25, -0.2) is 0 Å². The van der Waals surface area contributed by atoms with E-state index in [2.05, 4.69) is 28.1 Å². The highest BCUT2D eigenvalue weighted by atomic mass is 127. The average molecular weight is 525 g/mol. The zero-order chi connectivity index (χ0) is 19.3. The lowest BCUT2D eigenvalue weighted by Crippen LogP contribution is -2.52. The molecular weight excluding hydrogens is 491 g/mol. The Kier molecular flexibility index (Phi) is 13.6. The summed E-state index contributed by atoms with van der Waals surface area (Å²) in [7, 11) is 1.69. The molecular formula is C20H34ClIN4O2. The number of unbranched alkanes of at least 4 members (excludes halogenated alkanes) is 1. The third-order valence-corrected chi connectivity index (χ3v) is 4.82. The normalized spacial score (nSPS) is 14.8. The molecule has 0 unspecified atom stereocenters. The van der Waals surface area contributed by atoms with Gasteiger partial charge in [-0.3, -0.25) is 4.99 Å². The smallest absolute Gasteiger partial charge is 0.194 e. The van der Waals surface area contributed by atoms with Gasteiger partial charge in [0.25, 0.3) is 0 Å². The van der Waals surface area contributed by atoms with Gasteiger partial charge in [0.05, 0.1) is 23.9 Å². The molecule has 1 aliphatic rings. The number of para-hydroxylation sites is 1. The summed E-state index contributed by atoms with van der Waals surface area (Å²) in [5, 5.41) is 4.24. The SMILES string of the molecule is CCNC(=NCCCCOCCOC)N1CCN(c2ccccc2Cl)CC1.I. The Hall–Kier alpha value is -0.770. The Morgan fingerprint density at radius 2 is 1.86 bits per heavy atom. The van der Waals surface area contributed by atoms with Crippen LogP contribution in [0.3, 0.4) is 0 Å². The van der Waals surface area contributed by atoms with Crippen molar-refractivity contribution in [1.29, 1.82) is 0 Å². The van der Waals surface area contributed by atoms with Crippen LogP contribution in [0.2, 0.25) is 5.02 Å². The van der Waals surface area contributed by atoms with Gasteiger partial charge >= 0.3 is 0 Å². The number of ether oxygens (including phenoxy) is 2. The number of hydrogen-bond donors (Lipinski definition) is 1. The van der Waals surface area contributed by atoms with E-state index >= 15 is 0 Å².